The van der Waals surface area contributed by atoms with Crippen LogP contribution in [0, 0.1) is 0 Å². The van der Waals surface area contributed by atoms with E-state index in [4.69, 9.17) is 16.3 Å². The number of benzene rings is 3. The molecule has 0 aliphatic carbocycles. The van der Waals surface area contributed by atoms with Crippen molar-refractivity contribution in [2.45, 2.75) is 31.1 Å². The Morgan fingerprint density at radius 1 is 1.06 bits per heavy atom. The number of hydrogen-bond acceptors (Lipinski definition) is 4. The highest BCUT2D eigenvalue weighted by molar-refractivity contribution is 6.30. The van der Waals surface area contributed by atoms with E-state index in [0.29, 0.717) is 24.7 Å². The first-order valence-electron chi connectivity index (χ1n) is 11.9. The molecule has 0 bridgehead atoms. The Morgan fingerprint density at radius 2 is 1.79 bits per heavy atom. The monoisotopic (exact) mass is 475 g/mol. The van der Waals surface area contributed by atoms with Gasteiger partial charge in [-0.05, 0) is 53.3 Å². The highest BCUT2D eigenvalue weighted by Gasteiger charge is 2.43. The second-order valence-electron chi connectivity index (χ2n) is 9.03. The van der Waals surface area contributed by atoms with E-state index in [-0.39, 0.29) is 24.1 Å². The number of halogens is 1. The minimum absolute atomic E-state index is 0.107. The number of fused-ring (bicyclic) bond motifs is 2. The Kier molecular flexibility index (Phi) is 6.59. The number of nitrogens with one attached hydrogen (secondary N) is 2. The molecule has 1 spiro atoms. The molecule has 1 amide bonds. The number of piperidine rings is 1. The lowest BCUT2D eigenvalue weighted by Gasteiger charge is -2.39. The molecule has 5 rings (SSSR count). The average molecular weight is 476 g/mol. The van der Waals surface area contributed by atoms with Crippen molar-refractivity contribution < 1.29 is 9.53 Å². The fraction of sp³-hybridized carbons (Fsp3) is 0.321. The van der Waals surface area contributed by atoms with Gasteiger partial charge in [-0.2, -0.15) is 0 Å². The van der Waals surface area contributed by atoms with Gasteiger partial charge >= 0.3 is 0 Å². The normalized spacial score (nSPS) is 17.4. The summed E-state index contributed by atoms with van der Waals surface area (Å²) in [6, 6.07) is 24.3. The van der Waals surface area contributed by atoms with Gasteiger partial charge in [0.05, 0.1) is 24.8 Å². The van der Waals surface area contributed by atoms with Gasteiger partial charge in [-0.1, -0.05) is 66.2 Å². The fourth-order valence-electron chi connectivity index (χ4n) is 5.27. The molecule has 2 heterocycles. The molecule has 34 heavy (non-hydrogen) atoms. The van der Waals surface area contributed by atoms with E-state index in [9.17, 15) is 4.79 Å². The number of rotatable bonds is 6. The van der Waals surface area contributed by atoms with Crippen molar-refractivity contribution in [3.63, 3.8) is 0 Å². The zero-order chi connectivity index (χ0) is 23.5. The van der Waals surface area contributed by atoms with Gasteiger partial charge in [-0.3, -0.25) is 10.1 Å². The molecule has 2 aliphatic rings. The Hall–Kier alpha value is -2.86. The van der Waals surface area contributed by atoms with Crippen molar-refractivity contribution in [1.82, 2.24) is 10.2 Å². The van der Waals surface area contributed by atoms with Crippen LogP contribution in [-0.4, -0.2) is 37.5 Å². The minimum atomic E-state index is -0.240. The van der Waals surface area contributed by atoms with E-state index in [1.807, 2.05) is 48.3 Å². The van der Waals surface area contributed by atoms with E-state index in [0.717, 1.165) is 29.7 Å². The predicted octanol–water partition coefficient (Wildman–Crippen LogP) is 5.11. The summed E-state index contributed by atoms with van der Waals surface area (Å²) < 4.78 is 6.26. The summed E-state index contributed by atoms with van der Waals surface area (Å²) in [5.74, 6) is 0.107. The highest BCUT2D eigenvalue weighted by Crippen LogP contribution is 2.44. The number of anilines is 1. The van der Waals surface area contributed by atoms with E-state index in [2.05, 4.69) is 47.0 Å². The summed E-state index contributed by atoms with van der Waals surface area (Å²) in [7, 11) is 1.90. The SMILES string of the molecule is CNc1ccc(Cl)cc1C(NCC(=O)N1CCC2(CC1)OCc1ccccc12)c1ccccc1. The maximum absolute atomic E-state index is 13.2. The molecule has 6 heteroatoms. The van der Waals surface area contributed by atoms with E-state index >= 15 is 0 Å². The molecule has 176 valence electrons. The average Bonchev–Trinajstić information content (AvgIpc) is 3.23. The molecule has 2 N–H and O–H groups in total. The van der Waals surface area contributed by atoms with Crippen LogP contribution in [0.5, 0.6) is 0 Å². The second-order valence-corrected chi connectivity index (χ2v) is 9.46. The molecule has 1 atom stereocenters. The summed E-state index contributed by atoms with van der Waals surface area (Å²) >= 11 is 6.34. The third kappa shape index (κ3) is 4.43. The van der Waals surface area contributed by atoms with Crippen LogP contribution in [0.4, 0.5) is 5.69 Å². The number of ether oxygens (including phenoxy) is 1. The van der Waals surface area contributed by atoms with E-state index < -0.39 is 0 Å². The zero-order valence-electron chi connectivity index (χ0n) is 19.4. The number of likely N-dealkylation sites (tertiary alicyclic amines) is 1. The molecular formula is C28H30ClN3O2. The first-order chi connectivity index (χ1) is 16.6. The van der Waals surface area contributed by atoms with Gasteiger partial charge in [-0.25, -0.2) is 0 Å². The lowest BCUT2D eigenvalue weighted by molar-refractivity contribution is -0.137. The van der Waals surface area contributed by atoms with Gasteiger partial charge in [0.25, 0.3) is 0 Å². The summed E-state index contributed by atoms with van der Waals surface area (Å²) in [6.45, 7) is 2.31. The van der Waals surface area contributed by atoms with Crippen molar-refractivity contribution in [2.75, 3.05) is 32.0 Å². The molecule has 1 saturated heterocycles. The Morgan fingerprint density at radius 3 is 2.56 bits per heavy atom. The Balaban J connectivity index is 1.28. The van der Waals surface area contributed by atoms with Crippen LogP contribution >= 0.6 is 11.6 Å². The fourth-order valence-corrected chi connectivity index (χ4v) is 5.45. The van der Waals surface area contributed by atoms with Gasteiger partial charge in [-0.15, -0.1) is 0 Å². The maximum atomic E-state index is 13.2. The topological polar surface area (TPSA) is 53.6 Å². The van der Waals surface area contributed by atoms with Crippen LogP contribution in [0.1, 0.15) is 41.1 Å². The van der Waals surface area contributed by atoms with Crippen LogP contribution in [0.15, 0.2) is 72.8 Å². The molecule has 0 radical (unpaired) electrons. The lowest BCUT2D eigenvalue weighted by Crippen LogP contribution is -2.48. The number of carbonyl (C=O) groups excluding carboxylic acids is 1. The quantitative estimate of drug-likeness (QED) is 0.520. The summed E-state index contributed by atoms with van der Waals surface area (Å²) in [4.78, 5) is 15.2. The van der Waals surface area contributed by atoms with Crippen LogP contribution in [0.2, 0.25) is 5.02 Å². The van der Waals surface area contributed by atoms with Gasteiger partial charge in [0.1, 0.15) is 0 Å². The van der Waals surface area contributed by atoms with E-state index in [1.54, 1.807) is 0 Å². The summed E-state index contributed by atoms with van der Waals surface area (Å²) in [5, 5.41) is 7.43. The molecular weight excluding hydrogens is 446 g/mol. The third-order valence-electron chi connectivity index (χ3n) is 7.12. The van der Waals surface area contributed by atoms with Crippen molar-refractivity contribution in [1.29, 1.82) is 0 Å². The van der Waals surface area contributed by atoms with Gasteiger partial charge in [0.15, 0.2) is 0 Å². The van der Waals surface area contributed by atoms with Crippen molar-refractivity contribution in [3.8, 4) is 0 Å². The summed E-state index contributed by atoms with van der Waals surface area (Å²) in [6.07, 6.45) is 1.66. The summed E-state index contributed by atoms with van der Waals surface area (Å²) in [5.41, 5.74) is 5.41. The Bertz CT molecular complexity index is 1160. The smallest absolute Gasteiger partial charge is 0.236 e. The number of nitrogens with zero attached hydrogens (tertiary/aromatic N) is 1. The molecule has 3 aromatic rings. The van der Waals surface area contributed by atoms with E-state index in [1.165, 1.54) is 11.1 Å². The standard InChI is InChI=1S/C28H30ClN3O2/c1-30-25-12-11-22(29)17-23(25)27(20-7-3-2-4-8-20)31-18-26(33)32-15-13-28(14-16-32)24-10-6-5-9-21(24)19-34-28/h2-12,17,27,30-31H,13-16,18-19H2,1H3. The molecule has 3 aromatic carbocycles. The molecule has 1 unspecified atom stereocenters. The van der Waals surface area contributed by atoms with Crippen molar-refractivity contribution >= 4 is 23.2 Å². The molecule has 1 fully saturated rings. The molecule has 0 saturated carbocycles. The minimum Gasteiger partial charge on any atom is -0.388 e. The van der Waals surface area contributed by atoms with Gasteiger partial charge in [0.2, 0.25) is 5.91 Å². The number of amides is 1. The van der Waals surface area contributed by atoms with Crippen LogP contribution in [0.25, 0.3) is 0 Å². The Labute approximate surface area is 206 Å². The van der Waals surface area contributed by atoms with Crippen molar-refractivity contribution in [2.24, 2.45) is 0 Å². The third-order valence-corrected chi connectivity index (χ3v) is 7.36. The van der Waals surface area contributed by atoms with Crippen molar-refractivity contribution in [3.05, 3.63) is 100 Å². The lowest BCUT2D eigenvalue weighted by atomic mass is 9.84. The van der Waals surface area contributed by atoms with Crippen LogP contribution < -0.4 is 10.6 Å². The van der Waals surface area contributed by atoms with Gasteiger partial charge < -0.3 is 15.0 Å². The zero-order valence-corrected chi connectivity index (χ0v) is 20.1. The molecule has 5 nitrogen and oxygen atoms in total. The molecule has 0 aromatic heterocycles. The van der Waals surface area contributed by atoms with Crippen LogP contribution in [0.3, 0.4) is 0 Å². The first-order valence-corrected chi connectivity index (χ1v) is 12.2. The number of hydrogen-bond donors (Lipinski definition) is 2. The predicted molar refractivity (Wildman–Crippen MR) is 136 cm³/mol. The second kappa shape index (κ2) is 9.79. The number of carbonyl (C=O) groups is 1. The largest absolute Gasteiger partial charge is 0.388 e. The van der Waals surface area contributed by atoms with Crippen LogP contribution in [-0.2, 0) is 21.7 Å². The highest BCUT2D eigenvalue weighted by atomic mass is 35.5. The first kappa shape index (κ1) is 22.9. The molecule has 2 aliphatic heterocycles. The maximum Gasteiger partial charge on any atom is 0.236 e. The van der Waals surface area contributed by atoms with Gasteiger partial charge in [0, 0.05) is 30.8 Å².